The summed E-state index contributed by atoms with van der Waals surface area (Å²) in [7, 11) is 0. The van der Waals surface area contributed by atoms with E-state index < -0.39 is 17.5 Å². The van der Waals surface area contributed by atoms with Crippen molar-refractivity contribution < 1.29 is 19.1 Å². The van der Waals surface area contributed by atoms with Crippen LogP contribution in [0.4, 0.5) is 4.79 Å². The highest BCUT2D eigenvalue weighted by atomic mass is 16.5. The Morgan fingerprint density at radius 1 is 1.06 bits per heavy atom. The standard InChI is InChI=1S/C26H30N4O4/c1-18-3-6-21(7-4-18)26(2)24(32)30(25(33)27-26)17-23(31)29-12-10-28(11-13-29)16-19-5-8-22-20(15-19)9-14-34-22/h3-8,15H,9-14,16-17H2,1-2H3,(H,27,33). The number of aryl methyl sites for hydroxylation is 1. The van der Waals surface area contributed by atoms with Crippen LogP contribution in [0.1, 0.15) is 29.2 Å². The van der Waals surface area contributed by atoms with E-state index >= 15 is 0 Å². The molecule has 2 aromatic carbocycles. The predicted octanol–water partition coefficient (Wildman–Crippen LogP) is 2.04. The molecule has 1 N–H and O–H groups in total. The Morgan fingerprint density at radius 3 is 2.53 bits per heavy atom. The number of rotatable bonds is 5. The summed E-state index contributed by atoms with van der Waals surface area (Å²) in [6.45, 7) is 7.65. The van der Waals surface area contributed by atoms with Crippen LogP contribution in [0.5, 0.6) is 5.75 Å². The molecule has 2 fully saturated rings. The van der Waals surface area contributed by atoms with Gasteiger partial charge in [0.2, 0.25) is 5.91 Å². The molecule has 34 heavy (non-hydrogen) atoms. The van der Waals surface area contributed by atoms with Crippen molar-refractivity contribution in [3.05, 3.63) is 64.7 Å². The maximum atomic E-state index is 13.1. The molecule has 4 amide bonds. The van der Waals surface area contributed by atoms with Crippen molar-refractivity contribution in [1.82, 2.24) is 20.0 Å². The van der Waals surface area contributed by atoms with Gasteiger partial charge < -0.3 is 15.0 Å². The van der Waals surface area contributed by atoms with Gasteiger partial charge in [0.25, 0.3) is 5.91 Å². The van der Waals surface area contributed by atoms with Gasteiger partial charge in [0.05, 0.1) is 6.61 Å². The Balaban J connectivity index is 1.16. The first-order valence-electron chi connectivity index (χ1n) is 11.8. The van der Waals surface area contributed by atoms with Gasteiger partial charge in [-0.25, -0.2) is 4.79 Å². The average molecular weight is 463 g/mol. The van der Waals surface area contributed by atoms with Crippen molar-refractivity contribution in [2.24, 2.45) is 0 Å². The Hall–Kier alpha value is -3.39. The first-order chi connectivity index (χ1) is 16.3. The van der Waals surface area contributed by atoms with Gasteiger partial charge in [0.15, 0.2) is 0 Å². The fraction of sp³-hybridized carbons (Fsp3) is 0.423. The summed E-state index contributed by atoms with van der Waals surface area (Å²) in [6.07, 6.45) is 0.956. The minimum atomic E-state index is -1.16. The Bertz CT molecular complexity index is 1120. The summed E-state index contributed by atoms with van der Waals surface area (Å²) in [5.74, 6) is 0.387. The molecule has 8 heteroatoms. The van der Waals surface area contributed by atoms with Crippen LogP contribution >= 0.6 is 0 Å². The quantitative estimate of drug-likeness (QED) is 0.688. The van der Waals surface area contributed by atoms with Crippen LogP contribution in [0.2, 0.25) is 0 Å². The molecule has 178 valence electrons. The molecule has 8 nitrogen and oxygen atoms in total. The minimum Gasteiger partial charge on any atom is -0.493 e. The van der Waals surface area contributed by atoms with Crippen LogP contribution in [0, 0.1) is 6.92 Å². The van der Waals surface area contributed by atoms with Crippen LogP contribution in [0.25, 0.3) is 0 Å². The number of fused-ring (bicyclic) bond motifs is 1. The minimum absolute atomic E-state index is 0.203. The maximum absolute atomic E-state index is 13.1. The third-order valence-corrected chi connectivity index (χ3v) is 7.08. The highest BCUT2D eigenvalue weighted by Crippen LogP contribution is 2.29. The number of piperazine rings is 1. The number of carbonyl (C=O) groups is 3. The number of nitrogens with zero attached hydrogens (tertiary/aromatic N) is 3. The second-order valence-electron chi connectivity index (χ2n) is 9.51. The molecule has 3 aliphatic heterocycles. The third-order valence-electron chi connectivity index (χ3n) is 7.08. The first-order valence-corrected chi connectivity index (χ1v) is 11.8. The summed E-state index contributed by atoms with van der Waals surface area (Å²) < 4.78 is 5.58. The van der Waals surface area contributed by atoms with E-state index in [1.807, 2.05) is 37.3 Å². The lowest BCUT2D eigenvalue weighted by Gasteiger charge is -2.35. The van der Waals surface area contributed by atoms with E-state index in [1.54, 1.807) is 11.8 Å². The highest BCUT2D eigenvalue weighted by Gasteiger charge is 2.49. The third kappa shape index (κ3) is 4.14. The molecule has 1 unspecified atom stereocenters. The van der Waals surface area contributed by atoms with E-state index in [2.05, 4.69) is 22.3 Å². The van der Waals surface area contributed by atoms with E-state index in [1.165, 1.54) is 11.1 Å². The van der Waals surface area contributed by atoms with Crippen molar-refractivity contribution in [1.29, 1.82) is 0 Å². The van der Waals surface area contributed by atoms with E-state index in [0.29, 0.717) is 18.7 Å². The van der Waals surface area contributed by atoms with Gasteiger partial charge in [-0.1, -0.05) is 42.0 Å². The number of imide groups is 1. The fourth-order valence-corrected chi connectivity index (χ4v) is 4.91. The summed E-state index contributed by atoms with van der Waals surface area (Å²) in [5, 5.41) is 2.78. The lowest BCUT2D eigenvalue weighted by Crippen LogP contribution is -2.51. The van der Waals surface area contributed by atoms with Gasteiger partial charge in [-0.3, -0.25) is 19.4 Å². The molecule has 0 radical (unpaired) electrons. The lowest BCUT2D eigenvalue weighted by atomic mass is 9.91. The van der Waals surface area contributed by atoms with E-state index in [9.17, 15) is 14.4 Å². The summed E-state index contributed by atoms with van der Waals surface area (Å²) in [4.78, 5) is 43.8. The average Bonchev–Trinajstić information content (AvgIpc) is 3.38. The first kappa shape index (κ1) is 22.4. The lowest BCUT2D eigenvalue weighted by molar-refractivity contribution is -0.139. The Morgan fingerprint density at radius 2 is 1.79 bits per heavy atom. The Kier molecular flexibility index (Phi) is 5.77. The van der Waals surface area contributed by atoms with Crippen LogP contribution in [0.15, 0.2) is 42.5 Å². The van der Waals surface area contributed by atoms with E-state index in [0.717, 1.165) is 48.9 Å². The number of amides is 4. The van der Waals surface area contributed by atoms with Gasteiger partial charge in [-0.05, 0) is 36.6 Å². The van der Waals surface area contributed by atoms with Gasteiger partial charge in [-0.2, -0.15) is 0 Å². The van der Waals surface area contributed by atoms with Crippen LogP contribution in [-0.4, -0.2) is 71.9 Å². The highest BCUT2D eigenvalue weighted by molar-refractivity contribution is 6.09. The molecule has 2 saturated heterocycles. The predicted molar refractivity (Wildman–Crippen MR) is 126 cm³/mol. The van der Waals surface area contributed by atoms with E-state index in [-0.39, 0.29) is 12.5 Å². The zero-order chi connectivity index (χ0) is 23.9. The molecule has 3 aliphatic rings. The summed E-state index contributed by atoms with van der Waals surface area (Å²) >= 11 is 0. The molecule has 1 atom stereocenters. The van der Waals surface area contributed by atoms with Gasteiger partial charge >= 0.3 is 6.03 Å². The SMILES string of the molecule is Cc1ccc(C2(C)NC(=O)N(CC(=O)N3CCN(Cc4ccc5c(c4)CCO5)CC3)C2=O)cc1. The van der Waals surface area contributed by atoms with Crippen molar-refractivity contribution in [3.63, 3.8) is 0 Å². The van der Waals surface area contributed by atoms with Gasteiger partial charge in [0, 0.05) is 39.1 Å². The molecule has 5 rings (SSSR count). The number of nitrogens with one attached hydrogen (secondary N) is 1. The zero-order valence-corrected chi connectivity index (χ0v) is 19.7. The molecular weight excluding hydrogens is 432 g/mol. The summed E-state index contributed by atoms with van der Waals surface area (Å²) in [6, 6.07) is 13.3. The topological polar surface area (TPSA) is 82.2 Å². The molecule has 0 spiro atoms. The van der Waals surface area contributed by atoms with Crippen molar-refractivity contribution >= 4 is 17.8 Å². The second-order valence-corrected chi connectivity index (χ2v) is 9.51. The largest absolute Gasteiger partial charge is 0.493 e. The second kappa shape index (κ2) is 8.76. The van der Waals surface area contributed by atoms with Crippen LogP contribution < -0.4 is 10.1 Å². The zero-order valence-electron chi connectivity index (χ0n) is 19.7. The normalized spacial score (nSPS) is 22.5. The summed E-state index contributed by atoms with van der Waals surface area (Å²) in [5.41, 5.74) is 3.12. The number of carbonyl (C=O) groups excluding carboxylic acids is 3. The van der Waals surface area contributed by atoms with Crippen LogP contribution in [0.3, 0.4) is 0 Å². The molecular formula is C26H30N4O4. The van der Waals surface area contributed by atoms with Crippen molar-refractivity contribution in [2.75, 3.05) is 39.3 Å². The molecule has 3 heterocycles. The monoisotopic (exact) mass is 462 g/mol. The van der Waals surface area contributed by atoms with E-state index in [4.69, 9.17) is 4.74 Å². The maximum Gasteiger partial charge on any atom is 0.325 e. The molecule has 0 aromatic heterocycles. The number of hydrogen-bond donors (Lipinski definition) is 1. The van der Waals surface area contributed by atoms with Gasteiger partial charge in [-0.15, -0.1) is 0 Å². The number of urea groups is 1. The van der Waals surface area contributed by atoms with Crippen LogP contribution in [-0.2, 0) is 28.1 Å². The fourth-order valence-electron chi connectivity index (χ4n) is 4.91. The number of ether oxygens (including phenoxy) is 1. The molecule has 0 saturated carbocycles. The molecule has 2 aromatic rings. The van der Waals surface area contributed by atoms with Crippen molar-refractivity contribution in [2.45, 2.75) is 32.4 Å². The van der Waals surface area contributed by atoms with Gasteiger partial charge in [0.1, 0.15) is 17.8 Å². The molecule has 0 bridgehead atoms. The molecule has 0 aliphatic carbocycles. The number of benzene rings is 2. The number of hydrogen-bond acceptors (Lipinski definition) is 5. The Labute approximate surface area is 199 Å². The smallest absolute Gasteiger partial charge is 0.325 e. The van der Waals surface area contributed by atoms with Crippen molar-refractivity contribution in [3.8, 4) is 5.75 Å².